The van der Waals surface area contributed by atoms with E-state index in [9.17, 15) is 13.2 Å². The minimum absolute atomic E-state index is 0.219. The van der Waals surface area contributed by atoms with E-state index >= 15 is 0 Å². The molecule has 2 heterocycles. The number of pyridine rings is 1. The Morgan fingerprint density at radius 1 is 1.08 bits per heavy atom. The molecule has 7 heteroatoms. The van der Waals surface area contributed by atoms with Gasteiger partial charge >= 0.3 is 0 Å². The van der Waals surface area contributed by atoms with E-state index in [1.54, 1.807) is 37.3 Å². The van der Waals surface area contributed by atoms with E-state index in [2.05, 4.69) is 4.98 Å². The van der Waals surface area contributed by atoms with Crippen LogP contribution in [0, 0.1) is 6.92 Å². The van der Waals surface area contributed by atoms with Crippen molar-refractivity contribution in [2.45, 2.75) is 11.8 Å². The first-order valence-electron chi connectivity index (χ1n) is 7.81. The first-order chi connectivity index (χ1) is 12.3. The number of fused-ring (bicyclic) bond motifs is 3. The lowest BCUT2D eigenvalue weighted by molar-refractivity contribution is 0.602. The van der Waals surface area contributed by atoms with Crippen LogP contribution in [0.25, 0.3) is 33.2 Å². The van der Waals surface area contributed by atoms with E-state index in [4.69, 9.17) is 16.0 Å². The van der Waals surface area contributed by atoms with Crippen LogP contribution in [-0.4, -0.2) is 19.7 Å². The third kappa shape index (κ3) is 2.62. The molecule has 0 aliphatic rings. The van der Waals surface area contributed by atoms with Gasteiger partial charge in [0.2, 0.25) is 0 Å². The van der Waals surface area contributed by atoms with Gasteiger partial charge in [-0.05, 0) is 42.8 Å². The molecule has 0 spiro atoms. The molecule has 0 unspecified atom stereocenters. The fraction of sp³-hybridized carbons (Fsp3) is 0.105. The van der Waals surface area contributed by atoms with Crippen LogP contribution in [-0.2, 0) is 9.84 Å². The van der Waals surface area contributed by atoms with Crippen LogP contribution in [0.1, 0.15) is 5.56 Å². The Morgan fingerprint density at radius 2 is 1.77 bits per heavy atom. The molecule has 0 aliphatic carbocycles. The van der Waals surface area contributed by atoms with Crippen LogP contribution in [0.4, 0.5) is 0 Å². The number of furan rings is 1. The van der Waals surface area contributed by atoms with Crippen molar-refractivity contribution in [3.63, 3.8) is 0 Å². The van der Waals surface area contributed by atoms with Crippen molar-refractivity contribution in [3.05, 3.63) is 63.4 Å². The molecular formula is C19H14ClNO4S. The molecule has 0 atom stereocenters. The molecule has 2 aromatic heterocycles. The monoisotopic (exact) mass is 387 g/mol. The van der Waals surface area contributed by atoms with Crippen molar-refractivity contribution in [1.29, 1.82) is 0 Å². The summed E-state index contributed by atoms with van der Waals surface area (Å²) in [6, 6.07) is 11.6. The summed E-state index contributed by atoms with van der Waals surface area (Å²) in [5, 5.41) is 1.26. The standard InChI is InChI=1S/C19H14ClNO4S/c1-10-16(11-3-6-13(7-4-11)26(2,23)24)18-17(21-19(10)22)14-9-12(20)5-8-15(14)25-18/h3-9H,1-2H3,(H,21,22). The summed E-state index contributed by atoms with van der Waals surface area (Å²) in [6.07, 6.45) is 1.15. The molecule has 0 bridgehead atoms. The molecule has 26 heavy (non-hydrogen) atoms. The molecule has 132 valence electrons. The van der Waals surface area contributed by atoms with Crippen molar-refractivity contribution in [2.24, 2.45) is 0 Å². The number of aromatic amines is 1. The van der Waals surface area contributed by atoms with Gasteiger partial charge in [0.05, 0.1) is 10.4 Å². The van der Waals surface area contributed by atoms with Gasteiger partial charge in [-0.25, -0.2) is 8.42 Å². The Bertz CT molecular complexity index is 1330. The second-order valence-corrected chi connectivity index (χ2v) is 8.65. The second-order valence-electron chi connectivity index (χ2n) is 6.20. The van der Waals surface area contributed by atoms with Crippen LogP contribution in [0.15, 0.2) is 56.6 Å². The van der Waals surface area contributed by atoms with Crippen LogP contribution >= 0.6 is 11.6 Å². The van der Waals surface area contributed by atoms with Gasteiger partial charge in [0.1, 0.15) is 5.58 Å². The highest BCUT2D eigenvalue weighted by molar-refractivity contribution is 7.90. The topological polar surface area (TPSA) is 80.1 Å². The molecule has 0 saturated heterocycles. The maximum atomic E-state index is 12.5. The number of aromatic nitrogens is 1. The summed E-state index contributed by atoms with van der Waals surface area (Å²) in [7, 11) is -3.29. The lowest BCUT2D eigenvalue weighted by Crippen LogP contribution is -2.10. The lowest BCUT2D eigenvalue weighted by atomic mass is 10.0. The Hall–Kier alpha value is -2.57. The Labute approximate surface area is 154 Å². The zero-order chi connectivity index (χ0) is 18.6. The highest BCUT2D eigenvalue weighted by Gasteiger charge is 2.18. The molecule has 0 aliphatic heterocycles. The van der Waals surface area contributed by atoms with Crippen molar-refractivity contribution in [3.8, 4) is 11.1 Å². The lowest BCUT2D eigenvalue weighted by Gasteiger charge is -2.07. The Kier molecular flexibility index (Phi) is 3.71. The first kappa shape index (κ1) is 16.9. The van der Waals surface area contributed by atoms with Gasteiger partial charge in [0, 0.05) is 27.8 Å². The summed E-state index contributed by atoms with van der Waals surface area (Å²) >= 11 is 6.07. The molecule has 0 radical (unpaired) electrons. The van der Waals surface area contributed by atoms with E-state index in [0.717, 1.165) is 11.6 Å². The molecule has 5 nitrogen and oxygen atoms in total. The zero-order valence-electron chi connectivity index (χ0n) is 14.0. The number of benzene rings is 2. The Morgan fingerprint density at radius 3 is 2.42 bits per heavy atom. The minimum atomic E-state index is -3.29. The number of hydrogen-bond donors (Lipinski definition) is 1. The first-order valence-corrected chi connectivity index (χ1v) is 10.1. The highest BCUT2D eigenvalue weighted by Crippen LogP contribution is 2.36. The van der Waals surface area contributed by atoms with Gasteiger partial charge in [0.25, 0.3) is 5.56 Å². The maximum Gasteiger partial charge on any atom is 0.252 e. The Balaban J connectivity index is 2.07. The highest BCUT2D eigenvalue weighted by atomic mass is 35.5. The SMILES string of the molecule is Cc1c(-c2ccc(S(C)(=O)=O)cc2)c2oc3ccc(Cl)cc3c2[nH]c1=O. The largest absolute Gasteiger partial charge is 0.454 e. The fourth-order valence-corrected chi connectivity index (χ4v) is 3.88. The molecule has 0 amide bonds. The van der Waals surface area contributed by atoms with E-state index in [1.807, 2.05) is 0 Å². The van der Waals surface area contributed by atoms with Crippen LogP contribution in [0.2, 0.25) is 5.02 Å². The number of halogens is 1. The summed E-state index contributed by atoms with van der Waals surface area (Å²) in [4.78, 5) is 15.5. The number of hydrogen-bond acceptors (Lipinski definition) is 4. The van der Waals surface area contributed by atoms with E-state index in [-0.39, 0.29) is 10.5 Å². The third-order valence-electron chi connectivity index (χ3n) is 4.40. The molecule has 0 saturated carbocycles. The van der Waals surface area contributed by atoms with E-state index in [0.29, 0.717) is 38.4 Å². The predicted molar refractivity (Wildman–Crippen MR) is 103 cm³/mol. The van der Waals surface area contributed by atoms with Gasteiger partial charge in [-0.2, -0.15) is 0 Å². The normalized spacial score (nSPS) is 12.1. The van der Waals surface area contributed by atoms with Crippen molar-refractivity contribution in [2.75, 3.05) is 6.26 Å². The summed E-state index contributed by atoms with van der Waals surface area (Å²) in [5.74, 6) is 0. The number of nitrogens with one attached hydrogen (secondary N) is 1. The van der Waals surface area contributed by atoms with Crippen molar-refractivity contribution >= 4 is 43.5 Å². The maximum absolute atomic E-state index is 12.5. The third-order valence-corrected chi connectivity index (χ3v) is 5.77. The average Bonchev–Trinajstić information content (AvgIpc) is 2.92. The fourth-order valence-electron chi connectivity index (χ4n) is 3.08. The van der Waals surface area contributed by atoms with Gasteiger partial charge in [-0.1, -0.05) is 23.7 Å². The minimum Gasteiger partial charge on any atom is -0.454 e. The van der Waals surface area contributed by atoms with Gasteiger partial charge in [-0.3, -0.25) is 4.79 Å². The van der Waals surface area contributed by atoms with Crippen LogP contribution < -0.4 is 5.56 Å². The van der Waals surface area contributed by atoms with Gasteiger partial charge < -0.3 is 9.40 Å². The predicted octanol–water partition coefficient (Wildman–Crippen LogP) is 4.31. The molecule has 2 aromatic carbocycles. The summed E-state index contributed by atoms with van der Waals surface area (Å²) in [6.45, 7) is 1.71. The van der Waals surface area contributed by atoms with Gasteiger partial charge in [-0.15, -0.1) is 0 Å². The molecular weight excluding hydrogens is 374 g/mol. The van der Waals surface area contributed by atoms with E-state index < -0.39 is 9.84 Å². The van der Waals surface area contributed by atoms with Crippen LogP contribution in [0.5, 0.6) is 0 Å². The number of rotatable bonds is 2. The molecule has 1 N–H and O–H groups in total. The zero-order valence-corrected chi connectivity index (χ0v) is 15.5. The van der Waals surface area contributed by atoms with Crippen molar-refractivity contribution in [1.82, 2.24) is 4.98 Å². The number of H-pyrrole nitrogens is 1. The van der Waals surface area contributed by atoms with Gasteiger partial charge in [0.15, 0.2) is 15.4 Å². The number of sulfone groups is 1. The van der Waals surface area contributed by atoms with Crippen molar-refractivity contribution < 1.29 is 12.8 Å². The second kappa shape index (κ2) is 5.72. The van der Waals surface area contributed by atoms with E-state index in [1.165, 1.54) is 12.1 Å². The summed E-state index contributed by atoms with van der Waals surface area (Å²) in [5.41, 5.74) is 3.32. The smallest absolute Gasteiger partial charge is 0.252 e. The quantitative estimate of drug-likeness (QED) is 0.555. The van der Waals surface area contributed by atoms with Crippen LogP contribution in [0.3, 0.4) is 0 Å². The molecule has 4 rings (SSSR count). The molecule has 0 fully saturated rings. The average molecular weight is 388 g/mol. The summed E-state index contributed by atoms with van der Waals surface area (Å²) < 4.78 is 29.3. The molecule has 4 aromatic rings.